The molecule has 4 nitrogen and oxygen atoms in total. The predicted octanol–water partition coefficient (Wildman–Crippen LogP) is 2.94. The number of amides is 1. The summed E-state index contributed by atoms with van der Waals surface area (Å²) in [6.07, 6.45) is 0. The van der Waals surface area contributed by atoms with Crippen LogP contribution in [-0.2, 0) is 6.54 Å². The van der Waals surface area contributed by atoms with Gasteiger partial charge in [-0.2, -0.15) is 0 Å². The molecular formula is C17H19NO3. The number of benzene rings is 2. The SMILES string of the molecule is COc1cccc(OC)c1C(=O)NCc1cccc(C)c1. The minimum Gasteiger partial charge on any atom is -0.496 e. The summed E-state index contributed by atoms with van der Waals surface area (Å²) in [5.74, 6) is 0.776. The average Bonchev–Trinajstić information content (AvgIpc) is 2.51. The van der Waals surface area contributed by atoms with Crippen LogP contribution in [0.2, 0.25) is 0 Å². The molecule has 0 saturated carbocycles. The van der Waals surface area contributed by atoms with Gasteiger partial charge in [-0.1, -0.05) is 35.9 Å². The van der Waals surface area contributed by atoms with Crippen molar-refractivity contribution in [1.29, 1.82) is 0 Å². The maximum Gasteiger partial charge on any atom is 0.259 e. The highest BCUT2D eigenvalue weighted by Crippen LogP contribution is 2.28. The monoisotopic (exact) mass is 285 g/mol. The first kappa shape index (κ1) is 14.9. The maximum absolute atomic E-state index is 12.4. The molecule has 2 aromatic rings. The van der Waals surface area contributed by atoms with Crippen LogP contribution in [0.15, 0.2) is 42.5 Å². The van der Waals surface area contributed by atoms with Crippen molar-refractivity contribution in [2.75, 3.05) is 14.2 Å². The van der Waals surface area contributed by atoms with Gasteiger partial charge in [0.15, 0.2) is 0 Å². The van der Waals surface area contributed by atoms with Gasteiger partial charge in [-0.15, -0.1) is 0 Å². The maximum atomic E-state index is 12.4. The lowest BCUT2D eigenvalue weighted by molar-refractivity contribution is 0.0944. The van der Waals surface area contributed by atoms with E-state index in [9.17, 15) is 4.79 Å². The van der Waals surface area contributed by atoms with E-state index in [2.05, 4.69) is 5.32 Å². The van der Waals surface area contributed by atoms with Gasteiger partial charge in [-0.25, -0.2) is 0 Å². The number of hydrogen-bond donors (Lipinski definition) is 1. The first-order valence-electron chi connectivity index (χ1n) is 6.70. The number of rotatable bonds is 5. The highest BCUT2D eigenvalue weighted by molar-refractivity contribution is 5.99. The lowest BCUT2D eigenvalue weighted by Gasteiger charge is -2.13. The molecule has 0 aliphatic carbocycles. The minimum absolute atomic E-state index is 0.217. The fourth-order valence-electron chi connectivity index (χ4n) is 2.17. The molecule has 1 amide bonds. The van der Waals surface area contributed by atoms with Crippen molar-refractivity contribution in [3.63, 3.8) is 0 Å². The van der Waals surface area contributed by atoms with E-state index in [0.29, 0.717) is 23.6 Å². The third-order valence-electron chi connectivity index (χ3n) is 3.19. The van der Waals surface area contributed by atoms with Crippen LogP contribution in [0.3, 0.4) is 0 Å². The van der Waals surface area contributed by atoms with Crippen LogP contribution < -0.4 is 14.8 Å². The van der Waals surface area contributed by atoms with Crippen LogP contribution in [0.25, 0.3) is 0 Å². The Bertz CT molecular complexity index is 615. The standard InChI is InChI=1S/C17H19NO3/c1-12-6-4-7-13(10-12)11-18-17(19)16-14(20-2)8-5-9-15(16)21-3/h4-10H,11H2,1-3H3,(H,18,19). The zero-order chi connectivity index (χ0) is 15.2. The summed E-state index contributed by atoms with van der Waals surface area (Å²) in [4.78, 5) is 12.4. The topological polar surface area (TPSA) is 47.6 Å². The Morgan fingerprint density at radius 2 is 1.67 bits per heavy atom. The third-order valence-corrected chi connectivity index (χ3v) is 3.19. The molecule has 0 aromatic heterocycles. The fourth-order valence-corrected chi connectivity index (χ4v) is 2.17. The highest BCUT2D eigenvalue weighted by atomic mass is 16.5. The molecule has 0 unspecified atom stereocenters. The van der Waals surface area contributed by atoms with Gasteiger partial charge in [0.05, 0.1) is 14.2 Å². The summed E-state index contributed by atoms with van der Waals surface area (Å²) >= 11 is 0. The van der Waals surface area contributed by atoms with Crippen LogP contribution in [0.5, 0.6) is 11.5 Å². The first-order valence-corrected chi connectivity index (χ1v) is 6.70. The summed E-state index contributed by atoms with van der Waals surface area (Å²) in [6.45, 7) is 2.48. The van der Waals surface area contributed by atoms with Crippen molar-refractivity contribution in [3.05, 3.63) is 59.2 Å². The molecule has 0 aliphatic heterocycles. The molecule has 2 rings (SSSR count). The molecule has 0 spiro atoms. The molecule has 0 bridgehead atoms. The zero-order valence-corrected chi connectivity index (χ0v) is 12.5. The lowest BCUT2D eigenvalue weighted by Crippen LogP contribution is -2.24. The Kier molecular flexibility index (Phi) is 4.82. The molecular weight excluding hydrogens is 266 g/mol. The minimum atomic E-state index is -0.217. The summed E-state index contributed by atoms with van der Waals surface area (Å²) in [7, 11) is 3.07. The molecule has 0 heterocycles. The Morgan fingerprint density at radius 1 is 1.05 bits per heavy atom. The Hall–Kier alpha value is -2.49. The van der Waals surface area contributed by atoms with Crippen molar-refractivity contribution in [3.8, 4) is 11.5 Å². The highest BCUT2D eigenvalue weighted by Gasteiger charge is 2.17. The third kappa shape index (κ3) is 3.54. The van der Waals surface area contributed by atoms with E-state index in [1.807, 2.05) is 31.2 Å². The largest absolute Gasteiger partial charge is 0.496 e. The predicted molar refractivity (Wildman–Crippen MR) is 81.9 cm³/mol. The van der Waals surface area contributed by atoms with Gasteiger partial charge in [0.2, 0.25) is 0 Å². The summed E-state index contributed by atoms with van der Waals surface area (Å²) < 4.78 is 10.5. The van der Waals surface area contributed by atoms with Gasteiger partial charge in [0, 0.05) is 6.54 Å². The Balaban J connectivity index is 2.17. The zero-order valence-electron chi connectivity index (χ0n) is 12.5. The second-order valence-corrected chi connectivity index (χ2v) is 4.71. The molecule has 0 saturated heterocycles. The average molecular weight is 285 g/mol. The second-order valence-electron chi connectivity index (χ2n) is 4.71. The molecule has 4 heteroatoms. The number of carbonyl (C=O) groups excluding carboxylic acids is 1. The number of ether oxygens (including phenoxy) is 2. The fraction of sp³-hybridized carbons (Fsp3) is 0.235. The van der Waals surface area contributed by atoms with Crippen molar-refractivity contribution in [2.24, 2.45) is 0 Å². The van der Waals surface area contributed by atoms with Crippen LogP contribution in [0.4, 0.5) is 0 Å². The Labute approximate surface area is 124 Å². The van der Waals surface area contributed by atoms with E-state index in [1.165, 1.54) is 14.2 Å². The smallest absolute Gasteiger partial charge is 0.259 e. The second kappa shape index (κ2) is 6.79. The van der Waals surface area contributed by atoms with Crippen LogP contribution in [0, 0.1) is 6.92 Å². The van der Waals surface area contributed by atoms with Crippen molar-refractivity contribution >= 4 is 5.91 Å². The molecule has 0 radical (unpaired) electrons. The Morgan fingerprint density at radius 3 is 2.24 bits per heavy atom. The van der Waals surface area contributed by atoms with Crippen molar-refractivity contribution < 1.29 is 14.3 Å². The van der Waals surface area contributed by atoms with Gasteiger partial charge in [-0.05, 0) is 24.6 Å². The number of carbonyl (C=O) groups is 1. The molecule has 110 valence electrons. The number of hydrogen-bond acceptors (Lipinski definition) is 3. The van der Waals surface area contributed by atoms with E-state index in [4.69, 9.17) is 9.47 Å². The van der Waals surface area contributed by atoms with Gasteiger partial charge in [-0.3, -0.25) is 4.79 Å². The number of methoxy groups -OCH3 is 2. The summed E-state index contributed by atoms with van der Waals surface area (Å²) in [5.41, 5.74) is 2.63. The van der Waals surface area contributed by atoms with E-state index >= 15 is 0 Å². The quantitative estimate of drug-likeness (QED) is 0.918. The number of nitrogens with one attached hydrogen (secondary N) is 1. The van der Waals surface area contributed by atoms with Gasteiger partial charge in [0.1, 0.15) is 17.1 Å². The lowest BCUT2D eigenvalue weighted by atomic mass is 10.1. The molecule has 0 fully saturated rings. The first-order chi connectivity index (χ1) is 10.2. The van der Waals surface area contributed by atoms with Gasteiger partial charge >= 0.3 is 0 Å². The summed E-state index contributed by atoms with van der Waals surface area (Å²) in [6, 6.07) is 13.3. The molecule has 1 N–H and O–H groups in total. The summed E-state index contributed by atoms with van der Waals surface area (Å²) in [5, 5.41) is 2.89. The molecule has 21 heavy (non-hydrogen) atoms. The molecule has 0 atom stereocenters. The molecule has 0 aliphatic rings. The van der Waals surface area contributed by atoms with Gasteiger partial charge < -0.3 is 14.8 Å². The van der Waals surface area contributed by atoms with Crippen LogP contribution in [-0.4, -0.2) is 20.1 Å². The van der Waals surface area contributed by atoms with E-state index in [1.54, 1.807) is 18.2 Å². The van der Waals surface area contributed by atoms with Crippen molar-refractivity contribution in [1.82, 2.24) is 5.32 Å². The van der Waals surface area contributed by atoms with Crippen molar-refractivity contribution in [2.45, 2.75) is 13.5 Å². The number of aryl methyl sites for hydroxylation is 1. The van der Waals surface area contributed by atoms with Crippen LogP contribution >= 0.6 is 0 Å². The van der Waals surface area contributed by atoms with E-state index in [-0.39, 0.29) is 5.91 Å². The normalized spacial score (nSPS) is 10.0. The van der Waals surface area contributed by atoms with E-state index in [0.717, 1.165) is 11.1 Å². The molecule has 2 aromatic carbocycles. The van der Waals surface area contributed by atoms with E-state index < -0.39 is 0 Å². The van der Waals surface area contributed by atoms with Gasteiger partial charge in [0.25, 0.3) is 5.91 Å². The van der Waals surface area contributed by atoms with Crippen LogP contribution in [0.1, 0.15) is 21.5 Å².